The summed E-state index contributed by atoms with van der Waals surface area (Å²) in [5, 5.41) is 17.6. The molecule has 9 nitrogen and oxygen atoms in total. The second-order valence-corrected chi connectivity index (χ2v) is 7.00. The number of aromatic amines is 1. The minimum absolute atomic E-state index is 0.314. The number of benzene rings is 1. The van der Waals surface area contributed by atoms with Crippen LogP contribution in [0.25, 0.3) is 5.52 Å². The molecule has 0 fully saturated rings. The molecule has 30 heavy (non-hydrogen) atoms. The van der Waals surface area contributed by atoms with E-state index in [4.69, 9.17) is 5.73 Å². The second kappa shape index (κ2) is 7.91. The highest BCUT2D eigenvalue weighted by Crippen LogP contribution is 2.25. The van der Waals surface area contributed by atoms with Gasteiger partial charge in [-0.3, -0.25) is 9.89 Å². The Morgan fingerprint density at radius 1 is 1.27 bits per heavy atom. The number of hydrogen-bond donors (Lipinski definition) is 4. The van der Waals surface area contributed by atoms with Crippen molar-refractivity contribution >= 4 is 23.1 Å². The number of nitrogens with zero attached hydrogens (tertiary/aromatic N) is 4. The van der Waals surface area contributed by atoms with Crippen LogP contribution in [0.5, 0.6) is 0 Å². The van der Waals surface area contributed by atoms with Crippen LogP contribution in [0.15, 0.2) is 48.7 Å². The van der Waals surface area contributed by atoms with E-state index in [0.29, 0.717) is 23.0 Å². The first-order valence-electron chi connectivity index (χ1n) is 9.36. The van der Waals surface area contributed by atoms with E-state index in [9.17, 15) is 9.18 Å². The molecule has 0 spiro atoms. The predicted molar refractivity (Wildman–Crippen MR) is 110 cm³/mol. The van der Waals surface area contributed by atoms with Gasteiger partial charge >= 0.3 is 0 Å². The average Bonchev–Trinajstić information content (AvgIpc) is 3.35. The lowest BCUT2D eigenvalue weighted by atomic mass is 10.1. The van der Waals surface area contributed by atoms with E-state index in [1.165, 1.54) is 12.1 Å². The summed E-state index contributed by atoms with van der Waals surface area (Å²) < 4.78 is 15.1. The van der Waals surface area contributed by atoms with Crippen molar-refractivity contribution < 1.29 is 9.18 Å². The van der Waals surface area contributed by atoms with E-state index in [-0.39, 0.29) is 11.7 Å². The van der Waals surface area contributed by atoms with Crippen molar-refractivity contribution in [3.8, 4) is 0 Å². The number of carbonyl (C=O) groups excluding carboxylic acids is 1. The number of amides is 1. The van der Waals surface area contributed by atoms with Gasteiger partial charge in [0.05, 0.1) is 6.04 Å². The summed E-state index contributed by atoms with van der Waals surface area (Å²) in [5.41, 5.74) is 7.98. The molecular weight excluding hydrogens is 387 g/mol. The van der Waals surface area contributed by atoms with E-state index in [2.05, 4.69) is 30.9 Å². The Morgan fingerprint density at radius 2 is 2.03 bits per heavy atom. The van der Waals surface area contributed by atoms with Crippen LogP contribution in [0.1, 0.15) is 30.0 Å². The first-order chi connectivity index (χ1) is 14.4. The van der Waals surface area contributed by atoms with Crippen molar-refractivity contribution in [3.05, 3.63) is 71.6 Å². The lowest BCUT2D eigenvalue weighted by Crippen LogP contribution is -2.41. The summed E-state index contributed by atoms with van der Waals surface area (Å²) in [6.07, 6.45) is 1.77. The summed E-state index contributed by atoms with van der Waals surface area (Å²) in [7, 11) is 0. The van der Waals surface area contributed by atoms with Gasteiger partial charge < -0.3 is 16.4 Å². The summed E-state index contributed by atoms with van der Waals surface area (Å²) in [6.45, 7) is 3.48. The zero-order valence-corrected chi connectivity index (χ0v) is 16.4. The fourth-order valence-corrected chi connectivity index (χ4v) is 3.00. The number of aryl methyl sites for hydroxylation is 1. The molecule has 0 aliphatic heterocycles. The smallest absolute Gasteiger partial charge is 0.237 e. The molecule has 0 bridgehead atoms. The van der Waals surface area contributed by atoms with Crippen molar-refractivity contribution in [2.45, 2.75) is 25.9 Å². The van der Waals surface area contributed by atoms with Crippen LogP contribution in [0.4, 0.5) is 16.0 Å². The third-order valence-corrected chi connectivity index (χ3v) is 4.52. The Kier molecular flexibility index (Phi) is 5.15. The van der Waals surface area contributed by atoms with Crippen molar-refractivity contribution in [2.24, 2.45) is 5.73 Å². The molecule has 2 atom stereocenters. The number of anilines is 2. The van der Waals surface area contributed by atoms with Gasteiger partial charge in [0.15, 0.2) is 17.5 Å². The number of carbonyl (C=O) groups is 1. The topological polar surface area (TPSA) is 126 Å². The van der Waals surface area contributed by atoms with Gasteiger partial charge in [-0.15, -0.1) is 5.10 Å². The maximum Gasteiger partial charge on any atom is 0.237 e. The Bertz CT molecular complexity index is 1180. The Labute approximate surface area is 171 Å². The predicted octanol–water partition coefficient (Wildman–Crippen LogP) is 2.20. The van der Waals surface area contributed by atoms with Gasteiger partial charge in [-0.2, -0.15) is 5.10 Å². The van der Waals surface area contributed by atoms with Crippen LogP contribution in [0.2, 0.25) is 0 Å². The lowest BCUT2D eigenvalue weighted by Gasteiger charge is -2.20. The standard InChI is InChI=1S/C20H21FN8O/c1-11-10-16(27-26-11)23-18-15-4-3-9-29(15)28-19(25-18)17(24-20(30)12(2)22)13-5-7-14(21)8-6-13/h3-10,12,17H,22H2,1-2H3,(H,24,30)(H2,23,25,26,27,28)/t12-,17?/m1/s1. The molecule has 4 aromatic rings. The van der Waals surface area contributed by atoms with Crippen molar-refractivity contribution in [2.75, 3.05) is 5.32 Å². The first kappa shape index (κ1) is 19.5. The number of halogens is 1. The van der Waals surface area contributed by atoms with Gasteiger partial charge in [0.2, 0.25) is 5.91 Å². The van der Waals surface area contributed by atoms with Crippen LogP contribution in [-0.4, -0.2) is 36.7 Å². The molecule has 1 aromatic carbocycles. The summed E-state index contributed by atoms with van der Waals surface area (Å²) in [4.78, 5) is 17.0. The van der Waals surface area contributed by atoms with Gasteiger partial charge in [0, 0.05) is 18.0 Å². The van der Waals surface area contributed by atoms with Crippen molar-refractivity contribution in [1.82, 2.24) is 30.1 Å². The third kappa shape index (κ3) is 3.98. The average molecular weight is 408 g/mol. The Morgan fingerprint density at radius 3 is 2.70 bits per heavy atom. The lowest BCUT2D eigenvalue weighted by molar-refractivity contribution is -0.122. The highest BCUT2D eigenvalue weighted by Gasteiger charge is 2.23. The summed E-state index contributed by atoms with van der Waals surface area (Å²) >= 11 is 0. The van der Waals surface area contributed by atoms with Crippen LogP contribution in [0.3, 0.4) is 0 Å². The molecule has 0 saturated heterocycles. The molecule has 0 radical (unpaired) electrons. The minimum Gasteiger partial charge on any atom is -0.341 e. The molecular formula is C20H21FN8O. The fraction of sp³-hybridized carbons (Fsp3) is 0.200. The monoisotopic (exact) mass is 408 g/mol. The summed E-state index contributed by atoms with van der Waals surface area (Å²) in [6, 6.07) is 9.88. The van der Waals surface area contributed by atoms with Gasteiger partial charge in [0.1, 0.15) is 17.4 Å². The van der Waals surface area contributed by atoms with Gasteiger partial charge in [-0.1, -0.05) is 12.1 Å². The first-order valence-corrected chi connectivity index (χ1v) is 9.36. The zero-order chi connectivity index (χ0) is 21.3. The van der Waals surface area contributed by atoms with Crippen LogP contribution in [-0.2, 0) is 4.79 Å². The summed E-state index contributed by atoms with van der Waals surface area (Å²) in [5.74, 6) is 0.665. The van der Waals surface area contributed by atoms with Crippen LogP contribution < -0.4 is 16.4 Å². The highest BCUT2D eigenvalue weighted by molar-refractivity contribution is 5.81. The molecule has 0 saturated carbocycles. The number of nitrogens with one attached hydrogen (secondary N) is 3. The third-order valence-electron chi connectivity index (χ3n) is 4.52. The molecule has 0 aliphatic carbocycles. The Balaban J connectivity index is 1.80. The molecule has 10 heteroatoms. The second-order valence-electron chi connectivity index (χ2n) is 7.00. The van der Waals surface area contributed by atoms with Gasteiger partial charge in [-0.05, 0) is 43.7 Å². The largest absolute Gasteiger partial charge is 0.341 e. The normalized spacial score (nSPS) is 13.2. The van der Waals surface area contributed by atoms with E-state index < -0.39 is 12.1 Å². The molecule has 1 amide bonds. The Hall–Kier alpha value is -3.79. The minimum atomic E-state index is -0.729. The number of hydrogen-bond acceptors (Lipinski definition) is 6. The van der Waals surface area contributed by atoms with Crippen molar-refractivity contribution in [3.63, 3.8) is 0 Å². The highest BCUT2D eigenvalue weighted by atomic mass is 19.1. The van der Waals surface area contributed by atoms with Crippen molar-refractivity contribution in [1.29, 1.82) is 0 Å². The SMILES string of the molecule is Cc1cc(Nc2nc(C(NC(=O)[C@@H](C)N)c3ccc(F)cc3)nn3cccc23)n[nH]1. The number of nitrogens with two attached hydrogens (primary N) is 1. The van der Waals surface area contributed by atoms with E-state index in [0.717, 1.165) is 11.2 Å². The van der Waals surface area contributed by atoms with Gasteiger partial charge in [-0.25, -0.2) is 13.9 Å². The number of fused-ring (bicyclic) bond motifs is 1. The van der Waals surface area contributed by atoms with Gasteiger partial charge in [0.25, 0.3) is 0 Å². The van der Waals surface area contributed by atoms with Crippen LogP contribution in [0, 0.1) is 12.7 Å². The van der Waals surface area contributed by atoms with E-state index in [1.54, 1.807) is 29.8 Å². The molecule has 4 rings (SSSR count). The molecule has 0 aliphatic rings. The number of H-pyrrole nitrogens is 1. The molecule has 3 heterocycles. The molecule has 154 valence electrons. The van der Waals surface area contributed by atoms with E-state index in [1.807, 2.05) is 25.1 Å². The molecule has 1 unspecified atom stereocenters. The number of aromatic nitrogens is 5. The quantitative estimate of drug-likeness (QED) is 0.387. The maximum absolute atomic E-state index is 13.5. The fourth-order valence-electron chi connectivity index (χ4n) is 3.00. The molecule has 5 N–H and O–H groups in total. The van der Waals surface area contributed by atoms with E-state index >= 15 is 0 Å². The maximum atomic E-state index is 13.5. The zero-order valence-electron chi connectivity index (χ0n) is 16.4. The molecule has 3 aromatic heterocycles. The number of rotatable bonds is 6. The van der Waals surface area contributed by atoms with Crippen LogP contribution >= 0.6 is 0 Å².